The third kappa shape index (κ3) is 4.81. The number of amides is 2. The van der Waals surface area contributed by atoms with Gasteiger partial charge < -0.3 is 15.7 Å². The maximum atomic E-state index is 13.0. The summed E-state index contributed by atoms with van der Waals surface area (Å²) >= 11 is 0. The number of aryl methyl sites for hydroxylation is 1. The fourth-order valence-electron chi connectivity index (χ4n) is 2.06. The van der Waals surface area contributed by atoms with E-state index in [1.54, 1.807) is 25.1 Å². The van der Waals surface area contributed by atoms with Crippen molar-refractivity contribution in [1.29, 1.82) is 0 Å². The minimum Gasteiger partial charge on any atom is -0.508 e. The first-order valence-corrected chi connectivity index (χ1v) is 7.09. The van der Waals surface area contributed by atoms with Crippen LogP contribution in [0.5, 0.6) is 5.75 Å². The first-order chi connectivity index (χ1) is 11.0. The molecule has 0 saturated carbocycles. The van der Waals surface area contributed by atoms with E-state index in [0.29, 0.717) is 17.7 Å². The van der Waals surface area contributed by atoms with Crippen molar-refractivity contribution < 1.29 is 19.1 Å². The Labute approximate surface area is 133 Å². The zero-order chi connectivity index (χ0) is 16.8. The van der Waals surface area contributed by atoms with Gasteiger partial charge in [0.25, 0.3) is 0 Å². The van der Waals surface area contributed by atoms with E-state index in [4.69, 9.17) is 0 Å². The summed E-state index contributed by atoms with van der Waals surface area (Å²) in [5.41, 5.74) is 1.77. The van der Waals surface area contributed by atoms with Crippen LogP contribution in [0.25, 0.3) is 0 Å². The molecule has 0 atom stereocenters. The molecule has 120 valence electrons. The van der Waals surface area contributed by atoms with Crippen LogP contribution in [0.15, 0.2) is 42.5 Å². The molecule has 0 fully saturated rings. The van der Waals surface area contributed by atoms with Gasteiger partial charge in [0.1, 0.15) is 11.6 Å². The number of phenolic OH excluding ortho intramolecular Hbond substituents is 1. The van der Waals surface area contributed by atoms with Gasteiger partial charge >= 0.3 is 11.8 Å². The molecule has 0 aliphatic carbocycles. The highest BCUT2D eigenvalue weighted by atomic mass is 19.1. The summed E-state index contributed by atoms with van der Waals surface area (Å²) in [6, 6.07) is 10.6. The molecule has 0 aliphatic rings. The number of halogens is 1. The summed E-state index contributed by atoms with van der Waals surface area (Å²) in [7, 11) is 0. The molecule has 3 N–H and O–H groups in total. The van der Waals surface area contributed by atoms with E-state index in [1.165, 1.54) is 18.2 Å². The SMILES string of the molecule is Cc1cc(F)ccc1NC(=O)C(=O)NCCc1cccc(O)c1. The van der Waals surface area contributed by atoms with Crippen LogP contribution in [0.3, 0.4) is 0 Å². The summed E-state index contributed by atoms with van der Waals surface area (Å²) in [6.45, 7) is 1.90. The Bertz CT molecular complexity index is 732. The fourth-order valence-corrected chi connectivity index (χ4v) is 2.06. The predicted molar refractivity (Wildman–Crippen MR) is 84.6 cm³/mol. The molecule has 5 nitrogen and oxygen atoms in total. The Kier molecular flexibility index (Phi) is 5.30. The number of rotatable bonds is 4. The Morgan fingerprint density at radius 2 is 1.91 bits per heavy atom. The lowest BCUT2D eigenvalue weighted by molar-refractivity contribution is -0.136. The van der Waals surface area contributed by atoms with Crippen LogP contribution in [0.4, 0.5) is 10.1 Å². The van der Waals surface area contributed by atoms with Crippen LogP contribution >= 0.6 is 0 Å². The van der Waals surface area contributed by atoms with E-state index in [1.807, 2.05) is 6.07 Å². The second-order valence-corrected chi connectivity index (χ2v) is 5.09. The van der Waals surface area contributed by atoms with Crippen LogP contribution in [0, 0.1) is 12.7 Å². The maximum absolute atomic E-state index is 13.0. The standard InChI is InChI=1S/C17H17FN2O3/c1-11-9-13(18)5-6-15(11)20-17(23)16(22)19-8-7-12-3-2-4-14(21)10-12/h2-6,9-10,21H,7-8H2,1H3,(H,19,22)(H,20,23). The lowest BCUT2D eigenvalue weighted by Crippen LogP contribution is -2.36. The van der Waals surface area contributed by atoms with E-state index < -0.39 is 17.6 Å². The van der Waals surface area contributed by atoms with Crippen LogP contribution in [-0.4, -0.2) is 23.5 Å². The molecule has 2 aromatic rings. The van der Waals surface area contributed by atoms with Crippen LogP contribution in [0.2, 0.25) is 0 Å². The molecule has 2 amide bonds. The summed E-state index contributed by atoms with van der Waals surface area (Å²) in [4.78, 5) is 23.5. The molecule has 0 heterocycles. The molecule has 6 heteroatoms. The zero-order valence-electron chi connectivity index (χ0n) is 12.6. The third-order valence-electron chi connectivity index (χ3n) is 3.25. The third-order valence-corrected chi connectivity index (χ3v) is 3.25. The number of nitrogens with one attached hydrogen (secondary N) is 2. The first kappa shape index (κ1) is 16.5. The second-order valence-electron chi connectivity index (χ2n) is 5.09. The van der Waals surface area contributed by atoms with E-state index in [2.05, 4.69) is 10.6 Å². The van der Waals surface area contributed by atoms with Gasteiger partial charge in [0.2, 0.25) is 0 Å². The van der Waals surface area contributed by atoms with E-state index >= 15 is 0 Å². The predicted octanol–water partition coefficient (Wildman–Crippen LogP) is 2.14. The molecule has 0 aromatic heterocycles. The molecule has 2 rings (SSSR count). The fraction of sp³-hybridized carbons (Fsp3) is 0.176. The van der Waals surface area contributed by atoms with Crippen molar-refractivity contribution in [3.05, 3.63) is 59.4 Å². The van der Waals surface area contributed by atoms with Gasteiger partial charge in [-0.1, -0.05) is 12.1 Å². The quantitative estimate of drug-likeness (QED) is 0.756. The molecular formula is C17H17FN2O3. The number of hydrogen-bond acceptors (Lipinski definition) is 3. The highest BCUT2D eigenvalue weighted by Gasteiger charge is 2.14. The van der Waals surface area contributed by atoms with Gasteiger partial charge in [-0.15, -0.1) is 0 Å². The Hall–Kier alpha value is -2.89. The molecule has 0 bridgehead atoms. The average molecular weight is 316 g/mol. The van der Waals surface area contributed by atoms with Crippen LogP contribution in [-0.2, 0) is 16.0 Å². The topological polar surface area (TPSA) is 78.4 Å². The molecule has 23 heavy (non-hydrogen) atoms. The van der Waals surface area contributed by atoms with Crippen molar-refractivity contribution in [3.8, 4) is 5.75 Å². The number of phenols is 1. The van der Waals surface area contributed by atoms with Gasteiger partial charge in [0, 0.05) is 12.2 Å². The van der Waals surface area contributed by atoms with E-state index in [0.717, 1.165) is 5.56 Å². The minimum absolute atomic E-state index is 0.151. The van der Waals surface area contributed by atoms with Crippen LogP contribution < -0.4 is 10.6 Å². The highest BCUT2D eigenvalue weighted by Crippen LogP contribution is 2.15. The van der Waals surface area contributed by atoms with Crippen molar-refractivity contribution in [2.45, 2.75) is 13.3 Å². The highest BCUT2D eigenvalue weighted by molar-refractivity contribution is 6.39. The molecule has 0 unspecified atom stereocenters. The Morgan fingerprint density at radius 3 is 2.61 bits per heavy atom. The smallest absolute Gasteiger partial charge is 0.313 e. The largest absolute Gasteiger partial charge is 0.508 e. The number of carbonyl (C=O) groups is 2. The van der Waals surface area contributed by atoms with Crippen LogP contribution in [0.1, 0.15) is 11.1 Å². The number of anilines is 1. The lowest BCUT2D eigenvalue weighted by atomic mass is 10.1. The summed E-state index contributed by atoms with van der Waals surface area (Å²) in [5, 5.41) is 14.3. The Balaban J connectivity index is 1.84. The monoisotopic (exact) mass is 316 g/mol. The minimum atomic E-state index is -0.810. The molecule has 0 radical (unpaired) electrons. The van der Waals surface area contributed by atoms with Gasteiger partial charge in [-0.25, -0.2) is 4.39 Å². The molecule has 0 aliphatic heterocycles. The first-order valence-electron chi connectivity index (χ1n) is 7.09. The van der Waals surface area contributed by atoms with Crippen molar-refractivity contribution in [3.63, 3.8) is 0 Å². The average Bonchev–Trinajstić information content (AvgIpc) is 2.50. The molecular weight excluding hydrogens is 299 g/mol. The normalized spacial score (nSPS) is 10.2. The molecule has 2 aromatic carbocycles. The number of aromatic hydroxyl groups is 1. The Morgan fingerprint density at radius 1 is 1.13 bits per heavy atom. The van der Waals surface area contributed by atoms with Crippen molar-refractivity contribution in [1.82, 2.24) is 5.32 Å². The van der Waals surface area contributed by atoms with Crippen molar-refractivity contribution in [2.24, 2.45) is 0 Å². The van der Waals surface area contributed by atoms with E-state index in [9.17, 15) is 19.1 Å². The zero-order valence-corrected chi connectivity index (χ0v) is 12.6. The molecule has 0 saturated heterocycles. The number of benzene rings is 2. The molecule has 0 spiro atoms. The van der Waals surface area contributed by atoms with Crippen molar-refractivity contribution in [2.75, 3.05) is 11.9 Å². The lowest BCUT2D eigenvalue weighted by Gasteiger charge is -2.09. The van der Waals surface area contributed by atoms with Gasteiger partial charge in [0.05, 0.1) is 0 Å². The summed E-state index contributed by atoms with van der Waals surface area (Å²) < 4.78 is 13.0. The van der Waals surface area contributed by atoms with Gasteiger partial charge in [-0.2, -0.15) is 0 Å². The maximum Gasteiger partial charge on any atom is 0.313 e. The summed E-state index contributed by atoms with van der Waals surface area (Å²) in [6.07, 6.45) is 0.489. The van der Waals surface area contributed by atoms with Gasteiger partial charge in [-0.3, -0.25) is 9.59 Å². The second kappa shape index (κ2) is 7.40. The van der Waals surface area contributed by atoms with Gasteiger partial charge in [-0.05, 0) is 54.8 Å². The van der Waals surface area contributed by atoms with Gasteiger partial charge in [0.15, 0.2) is 0 Å². The number of hydrogen-bond donors (Lipinski definition) is 3. The number of carbonyl (C=O) groups excluding carboxylic acids is 2. The van der Waals surface area contributed by atoms with Crippen molar-refractivity contribution >= 4 is 17.5 Å². The van der Waals surface area contributed by atoms with E-state index in [-0.39, 0.29) is 12.3 Å². The summed E-state index contributed by atoms with van der Waals surface area (Å²) in [5.74, 6) is -1.83.